The zero-order valence-electron chi connectivity index (χ0n) is 16.4. The summed E-state index contributed by atoms with van der Waals surface area (Å²) in [6, 6.07) is 0.000484. The van der Waals surface area contributed by atoms with Crippen molar-refractivity contribution in [3.05, 3.63) is 0 Å². The van der Waals surface area contributed by atoms with E-state index in [0.29, 0.717) is 20.4 Å². The lowest BCUT2D eigenvalue weighted by molar-refractivity contribution is -0.120. The minimum Gasteiger partial charge on any atom is -0.300 e. The number of nitrogens with one attached hydrogen (secondary N) is 2. The molecule has 0 saturated heterocycles. The van der Waals surface area contributed by atoms with E-state index in [2.05, 4.69) is 82.5 Å². The van der Waals surface area contributed by atoms with Crippen molar-refractivity contribution in [2.75, 3.05) is 6.16 Å². The van der Waals surface area contributed by atoms with Crippen LogP contribution < -0.4 is 10.2 Å². The lowest BCUT2D eigenvalue weighted by Gasteiger charge is -2.24. The van der Waals surface area contributed by atoms with Crippen LogP contribution in [0.4, 0.5) is 0 Å². The van der Waals surface area contributed by atoms with E-state index in [1.54, 1.807) is 6.92 Å². The van der Waals surface area contributed by atoms with Gasteiger partial charge in [0.15, 0.2) is 5.52 Å². The third-order valence-corrected chi connectivity index (χ3v) is 46.8. The molecule has 0 bridgehead atoms. The number of rotatable bonds is 14. The molecule has 14 atom stereocenters. The molecule has 0 aromatic heterocycles. The molecule has 5 nitrogen and oxygen atoms in total. The zero-order valence-corrected chi connectivity index (χ0v) is 31.2. The van der Waals surface area contributed by atoms with Gasteiger partial charge in [0.1, 0.15) is 11.6 Å². The number of hydrogen-bond donors (Lipinski definition) is 2. The highest BCUT2D eigenvalue weighted by Crippen LogP contribution is 2.89. The summed E-state index contributed by atoms with van der Waals surface area (Å²) >= 11 is 0. The number of carbonyl (C=O) groups is 3. The van der Waals surface area contributed by atoms with Crippen molar-refractivity contribution in [2.24, 2.45) is 0 Å². The van der Waals surface area contributed by atoms with Gasteiger partial charge in [-0.3, -0.25) is 24.6 Å². The maximum absolute atomic E-state index is 12.1. The van der Waals surface area contributed by atoms with Crippen molar-refractivity contribution < 1.29 is 14.4 Å². The molecule has 0 aliphatic heterocycles. The summed E-state index contributed by atoms with van der Waals surface area (Å²) in [4.78, 5) is 34.1. The van der Waals surface area contributed by atoms with Gasteiger partial charge in [-0.2, -0.15) is 0 Å². The third-order valence-electron chi connectivity index (χ3n) is 3.14. The molecule has 0 rings (SSSR count). The minimum atomic E-state index is -0.640. The van der Waals surface area contributed by atoms with Gasteiger partial charge in [0.2, 0.25) is 0 Å². The molecule has 29 heavy (non-hydrogen) atoms. The molecule has 0 heterocycles. The van der Waals surface area contributed by atoms with Crippen molar-refractivity contribution in [1.82, 2.24) is 10.2 Å². The number of Topliss-reactive ketones (excluding diaryl/α,β-unsaturated/α-hetero) is 2. The van der Waals surface area contributed by atoms with E-state index >= 15 is 0 Å². The Morgan fingerprint density at radius 2 is 1.38 bits per heavy atom. The first kappa shape index (κ1) is 36.1. The molecule has 0 amide bonds. The van der Waals surface area contributed by atoms with Gasteiger partial charge in [0, 0.05) is 26.2 Å². The van der Waals surface area contributed by atoms with Gasteiger partial charge in [0.05, 0.1) is 6.04 Å². The van der Waals surface area contributed by atoms with E-state index in [-0.39, 0.29) is 50.8 Å². The second kappa shape index (κ2) is 22.2. The topological polar surface area (TPSA) is 75.3 Å². The molecule has 2 N–H and O–H groups in total. The highest BCUT2D eigenvalue weighted by molar-refractivity contribution is 8.90. The Kier molecular flexibility index (Phi) is 27.6. The quantitative estimate of drug-likeness (QED) is 0.204. The molecule has 0 aliphatic rings. The Labute approximate surface area is 202 Å². The summed E-state index contributed by atoms with van der Waals surface area (Å²) in [7, 11) is 22.5. The molecule has 0 aromatic rings. The first-order chi connectivity index (χ1) is 13.4. The molecule has 0 saturated carbocycles. The normalized spacial score (nSPS) is 16.1. The van der Waals surface area contributed by atoms with Crippen LogP contribution in [0.5, 0.6) is 0 Å². The molecule has 12 unspecified atom stereocenters. The predicted octanol–water partition coefficient (Wildman–Crippen LogP) is 6.64. The lowest BCUT2D eigenvalue weighted by Crippen LogP contribution is -2.30. The van der Waals surface area contributed by atoms with Crippen LogP contribution in [0.2, 0.25) is 0 Å². The summed E-state index contributed by atoms with van der Waals surface area (Å²) in [5.41, 5.74) is 0.194. The summed E-state index contributed by atoms with van der Waals surface area (Å²) in [5, 5.41) is 6.00. The van der Waals surface area contributed by atoms with Crippen LogP contribution >= 0.6 is 117 Å². The Morgan fingerprint density at radius 1 is 0.862 bits per heavy atom. The fraction of sp³-hybridized carbons (Fsp3) is 0.700. The summed E-state index contributed by atoms with van der Waals surface area (Å²) in [5.74, 6) is 0.311. The van der Waals surface area contributed by atoms with Crippen molar-refractivity contribution in [3.63, 3.8) is 0 Å². The van der Waals surface area contributed by atoms with Crippen LogP contribution in [-0.2, 0) is 14.4 Å². The van der Waals surface area contributed by atoms with Crippen LogP contribution in [0, 0.1) is 0 Å². The number of ketones is 2. The van der Waals surface area contributed by atoms with Crippen LogP contribution in [-0.4, -0.2) is 35.3 Å². The van der Waals surface area contributed by atoms with Gasteiger partial charge in [-0.1, -0.05) is 34.7 Å². The van der Waals surface area contributed by atoms with Crippen LogP contribution in [0.15, 0.2) is 0 Å². The van der Waals surface area contributed by atoms with Crippen LogP contribution in [0.3, 0.4) is 0 Å². The van der Waals surface area contributed by atoms with E-state index in [0.717, 1.165) is 14.1 Å². The maximum atomic E-state index is 12.1. The second-order valence-electron chi connectivity index (χ2n) is 5.65. The SMILES string of the molecule is CC(=O)C[C@@H](CP(PP)P(P)P)NP.CC(=O)C[C@H](NP)C(=O)P(PP)P(P)P. The first-order valence-corrected chi connectivity index (χ1v) is 29.9. The van der Waals surface area contributed by atoms with E-state index in [4.69, 9.17) is 0 Å². The van der Waals surface area contributed by atoms with Crippen molar-refractivity contribution >= 4 is 134 Å². The average molecular weight is 664 g/mol. The van der Waals surface area contributed by atoms with Crippen molar-refractivity contribution in [2.45, 2.75) is 38.8 Å². The average Bonchev–Trinajstić information content (AvgIpc) is 2.62. The van der Waals surface area contributed by atoms with Crippen LogP contribution in [0.1, 0.15) is 26.7 Å². The first-order valence-electron chi connectivity index (χ1n) is 7.98. The largest absolute Gasteiger partial charge is 0.300 e. The molecule has 0 spiro atoms. The second-order valence-corrected chi connectivity index (χ2v) is 42.9. The predicted molar refractivity (Wildman–Crippen MR) is 176 cm³/mol. The highest BCUT2D eigenvalue weighted by Gasteiger charge is 2.28. The molecule has 19 heteroatoms. The molecule has 172 valence electrons. The van der Waals surface area contributed by atoms with Gasteiger partial charge >= 0.3 is 0 Å². The molecule has 0 radical (unpaired) electrons. The lowest BCUT2D eigenvalue weighted by atomic mass is 10.2. The monoisotopic (exact) mass is 664 g/mol. The van der Waals surface area contributed by atoms with Gasteiger partial charge in [0.25, 0.3) is 0 Å². The number of hydrogen-bond acceptors (Lipinski definition) is 5. The van der Waals surface area contributed by atoms with Gasteiger partial charge in [-0.15, -0.1) is 53.6 Å². The Morgan fingerprint density at radius 3 is 1.66 bits per heavy atom. The Balaban J connectivity index is 0. The zero-order chi connectivity index (χ0) is 23.1. The molecular weight excluding hydrogens is 630 g/mol. The van der Waals surface area contributed by atoms with Crippen LogP contribution in [0.25, 0.3) is 0 Å². The summed E-state index contributed by atoms with van der Waals surface area (Å²) < 4.78 is 0. The molecular formula is C10H34N2O3P14. The van der Waals surface area contributed by atoms with E-state index < -0.39 is 7.30 Å². The van der Waals surface area contributed by atoms with Crippen molar-refractivity contribution in [3.8, 4) is 0 Å². The Bertz CT molecular complexity index is 498. The van der Waals surface area contributed by atoms with Gasteiger partial charge in [-0.05, 0) is 41.3 Å². The van der Waals surface area contributed by atoms with E-state index in [1.165, 1.54) is 6.92 Å². The third kappa shape index (κ3) is 18.8. The van der Waals surface area contributed by atoms with E-state index in [9.17, 15) is 14.4 Å². The summed E-state index contributed by atoms with van der Waals surface area (Å²) in [6.45, 7) is 2.78. The fourth-order valence-corrected chi connectivity index (χ4v) is 46.6. The smallest absolute Gasteiger partial charge is 0.181 e. The number of carbonyl (C=O) groups excluding carboxylic acids is 3. The van der Waals surface area contributed by atoms with Gasteiger partial charge in [-0.25, -0.2) is 0 Å². The minimum absolute atomic E-state index is 0.00188. The van der Waals surface area contributed by atoms with E-state index in [1.807, 2.05) is 0 Å². The fourth-order valence-electron chi connectivity index (χ4n) is 1.84. The highest BCUT2D eigenvalue weighted by atomic mass is 32.9. The van der Waals surface area contributed by atoms with Gasteiger partial charge < -0.3 is 0 Å². The standard InChI is InChI=1S/C5H16NO2P7.C5H18NOP7/c1-3(7)2-4(6-9)5(8)14(13-10)15(11)12;1-4(7)2-5(6-8)3-13(12-9)14(10)11/h4,6,13H,2,9-12H2,1H3;5-6,12H,2-3,8-11H2,1H3/t4-,14?;5-,13?/m00/s1. The maximum Gasteiger partial charge on any atom is 0.181 e. The molecule has 0 aromatic carbocycles. The van der Waals surface area contributed by atoms with Crippen molar-refractivity contribution in [1.29, 1.82) is 0 Å². The molecule has 0 fully saturated rings. The summed E-state index contributed by atoms with van der Waals surface area (Å²) in [6.07, 6.45) is 2.07. The molecule has 0 aliphatic carbocycles. The Hall–Kier alpha value is 4.95.